The van der Waals surface area contributed by atoms with Crippen molar-refractivity contribution in [2.24, 2.45) is 0 Å². The maximum atomic E-state index is 11.9. The quantitative estimate of drug-likeness (QED) is 0.520. The molecule has 0 aliphatic heterocycles. The molecule has 0 fully saturated rings. The first-order valence-corrected chi connectivity index (χ1v) is 7.07. The Labute approximate surface area is 128 Å². The molecule has 0 aliphatic carbocycles. The van der Waals surface area contributed by atoms with E-state index in [1.165, 1.54) is 31.1 Å². The Hall–Kier alpha value is -2.38. The number of nitrogens with one attached hydrogen (secondary N) is 1. The summed E-state index contributed by atoms with van der Waals surface area (Å²) < 4.78 is 5.76. The summed E-state index contributed by atoms with van der Waals surface area (Å²) in [5.74, 6) is -1.54. The summed E-state index contributed by atoms with van der Waals surface area (Å²) >= 11 is 0. The number of carboxylic acid groups (broad SMARTS) is 1. The summed E-state index contributed by atoms with van der Waals surface area (Å²) in [5, 5.41) is 15.5. The molecule has 0 saturated carbocycles. The smallest absolute Gasteiger partial charge is 0.328 e. The highest BCUT2D eigenvalue weighted by Crippen LogP contribution is 2.07. The van der Waals surface area contributed by atoms with E-state index in [9.17, 15) is 14.4 Å². The van der Waals surface area contributed by atoms with Crippen LogP contribution in [0.15, 0.2) is 12.4 Å². The molecule has 0 aromatic carbocycles. The Kier molecular flexibility index (Phi) is 7.07. The molecule has 0 bridgehead atoms. The lowest BCUT2D eigenvalue weighted by Gasteiger charge is -2.05. The fourth-order valence-corrected chi connectivity index (χ4v) is 1.76. The number of hydrogen-bond donors (Lipinski definition) is 2. The van der Waals surface area contributed by atoms with Crippen molar-refractivity contribution in [3.8, 4) is 0 Å². The van der Waals surface area contributed by atoms with Gasteiger partial charge in [-0.05, 0) is 19.8 Å². The Morgan fingerprint density at radius 2 is 2.09 bits per heavy atom. The van der Waals surface area contributed by atoms with Crippen LogP contribution in [-0.2, 0) is 14.3 Å². The summed E-state index contributed by atoms with van der Waals surface area (Å²) in [6.45, 7) is 1.97. The van der Waals surface area contributed by atoms with Crippen LogP contribution in [0.1, 0.15) is 49.0 Å². The van der Waals surface area contributed by atoms with Gasteiger partial charge < -0.3 is 15.2 Å². The first kappa shape index (κ1) is 17.7. The van der Waals surface area contributed by atoms with E-state index < -0.39 is 12.0 Å². The van der Waals surface area contributed by atoms with Crippen LogP contribution in [0.25, 0.3) is 0 Å². The average Bonchev–Trinajstić information content (AvgIpc) is 2.99. The molecular weight excluding hydrogens is 290 g/mol. The zero-order valence-electron chi connectivity index (χ0n) is 12.7. The third-order valence-corrected chi connectivity index (χ3v) is 3.19. The van der Waals surface area contributed by atoms with E-state index in [4.69, 9.17) is 5.11 Å². The Balaban J connectivity index is 2.28. The highest BCUT2D eigenvalue weighted by Gasteiger charge is 2.16. The fourth-order valence-electron chi connectivity index (χ4n) is 1.76. The lowest BCUT2D eigenvalue weighted by Crippen LogP contribution is -2.24. The minimum atomic E-state index is -1.01. The lowest BCUT2D eigenvalue weighted by atomic mass is 10.2. The molecule has 1 rings (SSSR count). The van der Waals surface area contributed by atoms with Crippen LogP contribution in [0.4, 0.5) is 0 Å². The first-order chi connectivity index (χ1) is 10.5. The third kappa shape index (κ3) is 5.55. The second kappa shape index (κ2) is 8.81. The molecular formula is C14H21N3O5. The van der Waals surface area contributed by atoms with Gasteiger partial charge in [0.25, 0.3) is 5.91 Å². The number of rotatable bonds is 9. The highest BCUT2D eigenvalue weighted by molar-refractivity contribution is 5.93. The molecule has 122 valence electrons. The molecule has 22 heavy (non-hydrogen) atoms. The number of carbonyl (C=O) groups is 3. The Morgan fingerprint density at radius 1 is 1.36 bits per heavy atom. The van der Waals surface area contributed by atoms with E-state index >= 15 is 0 Å². The van der Waals surface area contributed by atoms with E-state index in [0.717, 1.165) is 19.3 Å². The summed E-state index contributed by atoms with van der Waals surface area (Å²) in [6, 6.07) is -0.820. The number of aromatic nitrogens is 2. The summed E-state index contributed by atoms with van der Waals surface area (Å²) in [6.07, 6.45) is 5.41. The predicted molar refractivity (Wildman–Crippen MR) is 77.4 cm³/mol. The van der Waals surface area contributed by atoms with E-state index in [-0.39, 0.29) is 11.9 Å². The van der Waals surface area contributed by atoms with E-state index in [1.807, 2.05) is 0 Å². The number of hydrogen-bond acceptors (Lipinski definition) is 5. The molecule has 1 aromatic rings. The van der Waals surface area contributed by atoms with Crippen molar-refractivity contribution in [3.05, 3.63) is 18.0 Å². The normalized spacial score (nSPS) is 11.7. The molecule has 8 nitrogen and oxygen atoms in total. The van der Waals surface area contributed by atoms with Crippen molar-refractivity contribution < 1.29 is 24.2 Å². The molecule has 0 radical (unpaired) electrons. The van der Waals surface area contributed by atoms with Gasteiger partial charge in [-0.1, -0.05) is 6.42 Å². The topological polar surface area (TPSA) is 111 Å². The predicted octanol–water partition coefficient (Wildman–Crippen LogP) is 0.992. The van der Waals surface area contributed by atoms with Crippen molar-refractivity contribution in [3.63, 3.8) is 0 Å². The molecule has 8 heteroatoms. The van der Waals surface area contributed by atoms with Gasteiger partial charge in [0.2, 0.25) is 0 Å². The molecule has 0 spiro atoms. The van der Waals surface area contributed by atoms with Crippen LogP contribution < -0.4 is 5.32 Å². The zero-order chi connectivity index (χ0) is 16.5. The van der Waals surface area contributed by atoms with Gasteiger partial charge in [-0.25, -0.2) is 4.79 Å². The van der Waals surface area contributed by atoms with Crippen LogP contribution in [0.5, 0.6) is 0 Å². The van der Waals surface area contributed by atoms with Gasteiger partial charge >= 0.3 is 11.9 Å². The number of carbonyl (C=O) groups excluding carboxylic acids is 2. The molecule has 0 saturated heterocycles. The Bertz CT molecular complexity index is 526. The summed E-state index contributed by atoms with van der Waals surface area (Å²) in [7, 11) is 1.36. The fraction of sp³-hybridized carbons (Fsp3) is 0.571. The lowest BCUT2D eigenvalue weighted by molar-refractivity contribution is -0.141. The van der Waals surface area contributed by atoms with Gasteiger partial charge in [-0.3, -0.25) is 14.3 Å². The number of esters is 1. The van der Waals surface area contributed by atoms with Crippen molar-refractivity contribution in [2.45, 2.75) is 38.6 Å². The number of nitrogens with zero attached hydrogens (tertiary/aromatic N) is 2. The van der Waals surface area contributed by atoms with E-state index in [0.29, 0.717) is 18.5 Å². The molecule has 2 N–H and O–H groups in total. The monoisotopic (exact) mass is 311 g/mol. The van der Waals surface area contributed by atoms with Crippen molar-refractivity contribution >= 4 is 17.8 Å². The molecule has 0 aliphatic rings. The maximum absolute atomic E-state index is 11.9. The van der Waals surface area contributed by atoms with Crippen LogP contribution in [0.3, 0.4) is 0 Å². The SMILES string of the molecule is COC(=O)CCCCCNC(=O)c1cnn(C(C)C(=O)O)c1. The summed E-state index contributed by atoms with van der Waals surface area (Å²) in [4.78, 5) is 33.6. The van der Waals surface area contributed by atoms with Gasteiger partial charge in [0.05, 0.1) is 18.9 Å². The van der Waals surface area contributed by atoms with Crippen molar-refractivity contribution in [1.82, 2.24) is 15.1 Å². The number of amides is 1. The van der Waals surface area contributed by atoms with Gasteiger partial charge in [-0.15, -0.1) is 0 Å². The van der Waals surface area contributed by atoms with Gasteiger partial charge in [0.1, 0.15) is 6.04 Å². The Morgan fingerprint density at radius 3 is 2.73 bits per heavy atom. The molecule has 1 aromatic heterocycles. The second-order valence-electron chi connectivity index (χ2n) is 4.87. The number of unbranched alkanes of at least 4 members (excludes halogenated alkanes) is 2. The van der Waals surface area contributed by atoms with Crippen molar-refractivity contribution in [1.29, 1.82) is 0 Å². The maximum Gasteiger partial charge on any atom is 0.328 e. The largest absolute Gasteiger partial charge is 0.480 e. The number of aliphatic carboxylic acids is 1. The molecule has 1 atom stereocenters. The number of carboxylic acids is 1. The van der Waals surface area contributed by atoms with Crippen LogP contribution >= 0.6 is 0 Å². The van der Waals surface area contributed by atoms with Gasteiger partial charge in [0, 0.05) is 19.2 Å². The number of ether oxygens (including phenoxy) is 1. The van der Waals surface area contributed by atoms with E-state index in [2.05, 4.69) is 15.2 Å². The first-order valence-electron chi connectivity index (χ1n) is 7.07. The van der Waals surface area contributed by atoms with Gasteiger partial charge in [0.15, 0.2) is 0 Å². The van der Waals surface area contributed by atoms with Crippen LogP contribution in [0.2, 0.25) is 0 Å². The van der Waals surface area contributed by atoms with Gasteiger partial charge in [-0.2, -0.15) is 5.10 Å². The van der Waals surface area contributed by atoms with Crippen LogP contribution in [-0.4, -0.2) is 46.4 Å². The van der Waals surface area contributed by atoms with Crippen LogP contribution in [0, 0.1) is 0 Å². The number of methoxy groups -OCH3 is 1. The minimum absolute atomic E-state index is 0.232. The third-order valence-electron chi connectivity index (χ3n) is 3.19. The minimum Gasteiger partial charge on any atom is -0.480 e. The zero-order valence-corrected chi connectivity index (χ0v) is 12.7. The summed E-state index contributed by atoms with van der Waals surface area (Å²) in [5.41, 5.74) is 0.322. The van der Waals surface area contributed by atoms with Crippen molar-refractivity contribution in [2.75, 3.05) is 13.7 Å². The molecule has 1 amide bonds. The molecule has 1 heterocycles. The second-order valence-corrected chi connectivity index (χ2v) is 4.87. The average molecular weight is 311 g/mol. The molecule has 1 unspecified atom stereocenters. The standard InChI is InChI=1S/C14H21N3O5/c1-10(14(20)21)17-9-11(8-16-17)13(19)15-7-5-3-4-6-12(18)22-2/h8-10H,3-7H2,1-2H3,(H,15,19)(H,20,21). The van der Waals surface area contributed by atoms with E-state index in [1.54, 1.807) is 0 Å². The highest BCUT2D eigenvalue weighted by atomic mass is 16.5.